The van der Waals surface area contributed by atoms with Crippen LogP contribution in [0, 0.1) is 0 Å². The second-order valence-corrected chi connectivity index (χ2v) is 4.28. The lowest BCUT2D eigenvalue weighted by Crippen LogP contribution is -2.33. The summed E-state index contributed by atoms with van der Waals surface area (Å²) in [7, 11) is 0. The highest BCUT2D eigenvalue weighted by molar-refractivity contribution is 5.55. The van der Waals surface area contributed by atoms with E-state index in [0.717, 1.165) is 24.2 Å². The SMILES string of the molecule is CCC(C)N(CC)c1ccccc1[C@H](C)O. The lowest BCUT2D eigenvalue weighted by molar-refractivity contribution is 0.199. The van der Waals surface area contributed by atoms with E-state index in [9.17, 15) is 5.11 Å². The van der Waals surface area contributed by atoms with Gasteiger partial charge in [-0.3, -0.25) is 0 Å². The zero-order chi connectivity index (χ0) is 12.1. The van der Waals surface area contributed by atoms with Crippen LogP contribution < -0.4 is 4.90 Å². The number of nitrogens with zero attached hydrogens (tertiary/aromatic N) is 1. The summed E-state index contributed by atoms with van der Waals surface area (Å²) < 4.78 is 0. The highest BCUT2D eigenvalue weighted by Crippen LogP contribution is 2.27. The van der Waals surface area contributed by atoms with Crippen molar-refractivity contribution in [2.24, 2.45) is 0 Å². The molecule has 90 valence electrons. The number of benzene rings is 1. The summed E-state index contributed by atoms with van der Waals surface area (Å²) in [6.07, 6.45) is 0.705. The van der Waals surface area contributed by atoms with Crippen molar-refractivity contribution in [1.82, 2.24) is 0 Å². The molecule has 0 aliphatic rings. The molecule has 0 aliphatic carbocycles. The summed E-state index contributed by atoms with van der Waals surface area (Å²) in [6, 6.07) is 8.62. The molecule has 1 aromatic rings. The van der Waals surface area contributed by atoms with Crippen molar-refractivity contribution in [3.05, 3.63) is 29.8 Å². The van der Waals surface area contributed by atoms with Gasteiger partial charge in [0.15, 0.2) is 0 Å². The highest BCUT2D eigenvalue weighted by atomic mass is 16.3. The minimum Gasteiger partial charge on any atom is -0.389 e. The largest absolute Gasteiger partial charge is 0.389 e. The van der Waals surface area contributed by atoms with E-state index in [1.54, 1.807) is 0 Å². The average molecular weight is 221 g/mol. The Morgan fingerprint density at radius 1 is 1.19 bits per heavy atom. The maximum absolute atomic E-state index is 9.78. The molecule has 1 N–H and O–H groups in total. The van der Waals surface area contributed by atoms with Gasteiger partial charge in [0.05, 0.1) is 6.10 Å². The van der Waals surface area contributed by atoms with Gasteiger partial charge < -0.3 is 10.0 Å². The van der Waals surface area contributed by atoms with Crippen molar-refractivity contribution in [3.63, 3.8) is 0 Å². The summed E-state index contributed by atoms with van der Waals surface area (Å²) in [5.74, 6) is 0. The molecular weight excluding hydrogens is 198 g/mol. The summed E-state index contributed by atoms with van der Waals surface area (Å²) in [5.41, 5.74) is 2.18. The van der Waals surface area contributed by atoms with Gasteiger partial charge in [0, 0.05) is 23.8 Å². The van der Waals surface area contributed by atoms with Crippen molar-refractivity contribution in [2.75, 3.05) is 11.4 Å². The van der Waals surface area contributed by atoms with Crippen LogP contribution in [-0.4, -0.2) is 17.7 Å². The van der Waals surface area contributed by atoms with Crippen molar-refractivity contribution >= 4 is 5.69 Å². The van der Waals surface area contributed by atoms with Crippen LogP contribution >= 0.6 is 0 Å². The minimum atomic E-state index is -0.408. The van der Waals surface area contributed by atoms with Gasteiger partial charge in [0.2, 0.25) is 0 Å². The van der Waals surface area contributed by atoms with Gasteiger partial charge in [-0.25, -0.2) is 0 Å². The summed E-state index contributed by atoms with van der Waals surface area (Å²) in [6.45, 7) is 9.37. The standard InChI is InChI=1S/C14H23NO/c1-5-11(3)15(6-2)14-10-8-7-9-13(14)12(4)16/h7-12,16H,5-6H2,1-4H3/t11?,12-/m0/s1. The topological polar surface area (TPSA) is 23.5 Å². The number of aliphatic hydroxyl groups is 1. The normalized spacial score (nSPS) is 14.6. The average Bonchev–Trinajstić information content (AvgIpc) is 2.30. The van der Waals surface area contributed by atoms with Crippen molar-refractivity contribution in [1.29, 1.82) is 0 Å². The molecule has 0 fully saturated rings. The molecule has 1 rings (SSSR count). The summed E-state index contributed by atoms with van der Waals surface area (Å²) >= 11 is 0. The molecule has 0 amide bonds. The second-order valence-electron chi connectivity index (χ2n) is 4.28. The van der Waals surface area contributed by atoms with Crippen LogP contribution in [0.3, 0.4) is 0 Å². The molecule has 0 heterocycles. The third-order valence-electron chi connectivity index (χ3n) is 3.16. The lowest BCUT2D eigenvalue weighted by Gasteiger charge is -2.32. The molecule has 1 aromatic carbocycles. The minimum absolute atomic E-state index is 0.408. The first-order chi connectivity index (χ1) is 7.61. The third-order valence-corrected chi connectivity index (χ3v) is 3.16. The van der Waals surface area contributed by atoms with Gasteiger partial charge >= 0.3 is 0 Å². The van der Waals surface area contributed by atoms with Crippen LogP contribution in [0.5, 0.6) is 0 Å². The molecule has 0 aromatic heterocycles. The van der Waals surface area contributed by atoms with Gasteiger partial charge in [0.1, 0.15) is 0 Å². The molecule has 0 saturated heterocycles. The van der Waals surface area contributed by atoms with E-state index in [-0.39, 0.29) is 0 Å². The highest BCUT2D eigenvalue weighted by Gasteiger charge is 2.16. The molecule has 16 heavy (non-hydrogen) atoms. The Labute approximate surface area is 98.9 Å². The van der Waals surface area contributed by atoms with E-state index < -0.39 is 6.10 Å². The Morgan fingerprint density at radius 2 is 1.81 bits per heavy atom. The van der Waals surface area contributed by atoms with Crippen LogP contribution in [0.25, 0.3) is 0 Å². The summed E-state index contributed by atoms with van der Waals surface area (Å²) in [4.78, 5) is 2.35. The first-order valence-corrected chi connectivity index (χ1v) is 6.15. The van der Waals surface area contributed by atoms with E-state index in [2.05, 4.69) is 31.7 Å². The Kier molecular flexibility index (Phi) is 4.81. The van der Waals surface area contributed by atoms with Crippen molar-refractivity contribution in [3.8, 4) is 0 Å². The van der Waals surface area contributed by atoms with Crippen LogP contribution in [0.4, 0.5) is 5.69 Å². The van der Waals surface area contributed by atoms with Crippen LogP contribution in [-0.2, 0) is 0 Å². The number of rotatable bonds is 5. The molecular formula is C14H23NO. The van der Waals surface area contributed by atoms with Crippen LogP contribution in [0.2, 0.25) is 0 Å². The fourth-order valence-electron chi connectivity index (χ4n) is 2.04. The molecule has 0 spiro atoms. The smallest absolute Gasteiger partial charge is 0.0781 e. The second kappa shape index (κ2) is 5.90. The Bertz CT molecular complexity index is 322. The summed E-state index contributed by atoms with van der Waals surface area (Å²) in [5, 5.41) is 9.78. The molecule has 0 bridgehead atoms. The van der Waals surface area contributed by atoms with Gasteiger partial charge in [-0.1, -0.05) is 25.1 Å². The van der Waals surface area contributed by atoms with E-state index in [0.29, 0.717) is 6.04 Å². The van der Waals surface area contributed by atoms with Gasteiger partial charge in [-0.15, -0.1) is 0 Å². The first kappa shape index (κ1) is 13.0. The number of hydrogen-bond acceptors (Lipinski definition) is 2. The number of para-hydroxylation sites is 1. The molecule has 0 aliphatic heterocycles. The number of aliphatic hydroxyl groups excluding tert-OH is 1. The van der Waals surface area contributed by atoms with E-state index in [1.165, 1.54) is 0 Å². The quantitative estimate of drug-likeness (QED) is 0.824. The predicted octanol–water partition coefficient (Wildman–Crippen LogP) is 3.36. The Morgan fingerprint density at radius 3 is 2.31 bits per heavy atom. The molecule has 0 saturated carbocycles. The molecule has 2 heteroatoms. The zero-order valence-corrected chi connectivity index (χ0v) is 10.8. The van der Waals surface area contributed by atoms with Crippen LogP contribution in [0.15, 0.2) is 24.3 Å². The van der Waals surface area contributed by atoms with Crippen molar-refractivity contribution < 1.29 is 5.11 Å². The maximum Gasteiger partial charge on any atom is 0.0781 e. The number of anilines is 1. The maximum atomic E-state index is 9.78. The van der Waals surface area contributed by atoms with Gasteiger partial charge in [-0.05, 0) is 33.3 Å². The molecule has 0 radical (unpaired) electrons. The molecule has 2 nitrogen and oxygen atoms in total. The van der Waals surface area contributed by atoms with Gasteiger partial charge in [-0.2, -0.15) is 0 Å². The molecule has 1 unspecified atom stereocenters. The number of hydrogen-bond donors (Lipinski definition) is 1. The third kappa shape index (κ3) is 2.76. The monoisotopic (exact) mass is 221 g/mol. The zero-order valence-electron chi connectivity index (χ0n) is 10.8. The van der Waals surface area contributed by atoms with E-state index in [1.807, 2.05) is 25.1 Å². The van der Waals surface area contributed by atoms with Gasteiger partial charge in [0.25, 0.3) is 0 Å². The lowest BCUT2D eigenvalue weighted by atomic mass is 10.1. The predicted molar refractivity (Wildman–Crippen MR) is 69.8 cm³/mol. The van der Waals surface area contributed by atoms with E-state index >= 15 is 0 Å². The van der Waals surface area contributed by atoms with Crippen LogP contribution in [0.1, 0.15) is 45.8 Å². The van der Waals surface area contributed by atoms with E-state index in [4.69, 9.17) is 0 Å². The molecule has 2 atom stereocenters. The fourth-order valence-corrected chi connectivity index (χ4v) is 2.04. The first-order valence-electron chi connectivity index (χ1n) is 6.15. The van der Waals surface area contributed by atoms with Crippen molar-refractivity contribution in [2.45, 2.75) is 46.3 Å². The fraction of sp³-hybridized carbons (Fsp3) is 0.571. The Balaban J connectivity index is 3.09. The Hall–Kier alpha value is -1.02.